The van der Waals surface area contributed by atoms with Gasteiger partial charge >= 0.3 is 0 Å². The number of rotatable bonds is 4. The normalized spacial score (nSPS) is 17.7. The predicted molar refractivity (Wildman–Crippen MR) is 90.5 cm³/mol. The van der Waals surface area contributed by atoms with Crippen LogP contribution in [0, 0.1) is 5.92 Å². The molecule has 1 saturated heterocycles. The maximum absolute atomic E-state index is 12.2. The summed E-state index contributed by atoms with van der Waals surface area (Å²) in [6, 6.07) is 9.06. The van der Waals surface area contributed by atoms with Crippen LogP contribution in [-0.2, 0) is 9.59 Å². The highest BCUT2D eigenvalue weighted by Crippen LogP contribution is 2.32. The van der Waals surface area contributed by atoms with Gasteiger partial charge in [0.1, 0.15) is 5.69 Å². The van der Waals surface area contributed by atoms with E-state index in [1.165, 1.54) is 18.7 Å². The molecule has 1 unspecified atom stereocenters. The first kappa shape index (κ1) is 16.1. The number of benzene rings is 1. The minimum Gasteiger partial charge on any atom is -0.338 e. The molecule has 3 rings (SSSR count). The summed E-state index contributed by atoms with van der Waals surface area (Å²) < 4.78 is 5.33. The molecule has 0 saturated carbocycles. The van der Waals surface area contributed by atoms with Crippen LogP contribution in [0.5, 0.6) is 0 Å². The summed E-state index contributed by atoms with van der Waals surface area (Å²) in [6.07, 6.45) is 0.419. The first-order valence-electron chi connectivity index (χ1n) is 7.20. The van der Waals surface area contributed by atoms with Crippen molar-refractivity contribution in [1.29, 1.82) is 0 Å². The molecule has 1 aliphatic rings. The molecular weight excluding hydrogens is 336 g/mol. The average molecular weight is 351 g/mol. The number of hydrogen-bond acceptors (Lipinski definition) is 5. The van der Waals surface area contributed by atoms with E-state index in [-0.39, 0.29) is 16.9 Å². The Kier molecular flexibility index (Phi) is 4.73. The van der Waals surface area contributed by atoms with Gasteiger partial charge in [-0.2, -0.15) is 0 Å². The molecule has 2 heterocycles. The average Bonchev–Trinajstić information content (AvgIpc) is 3.12. The van der Waals surface area contributed by atoms with Gasteiger partial charge in [0.2, 0.25) is 11.8 Å². The van der Waals surface area contributed by atoms with Crippen LogP contribution in [0.3, 0.4) is 0 Å². The van der Waals surface area contributed by atoms with Gasteiger partial charge in [-0.3, -0.25) is 14.5 Å². The highest BCUT2D eigenvalue weighted by Gasteiger charge is 2.33. The van der Waals surface area contributed by atoms with Crippen LogP contribution in [0.2, 0.25) is 5.02 Å². The molecule has 1 aromatic carbocycles. The van der Waals surface area contributed by atoms with Crippen LogP contribution in [0.15, 0.2) is 34.9 Å². The van der Waals surface area contributed by atoms with Gasteiger partial charge in [-0.15, -0.1) is 0 Å². The van der Waals surface area contributed by atoms with Crippen molar-refractivity contribution in [2.24, 2.45) is 5.92 Å². The molecule has 0 spiro atoms. The summed E-state index contributed by atoms with van der Waals surface area (Å²) in [6.45, 7) is 2.07. The summed E-state index contributed by atoms with van der Waals surface area (Å²) in [4.78, 5) is 24.8. The van der Waals surface area contributed by atoms with E-state index >= 15 is 0 Å². The molecule has 0 aliphatic carbocycles. The van der Waals surface area contributed by atoms with E-state index in [9.17, 15) is 9.59 Å². The Balaban J connectivity index is 1.74. The van der Waals surface area contributed by atoms with Crippen LogP contribution in [0.1, 0.15) is 13.3 Å². The second-order valence-electron chi connectivity index (χ2n) is 5.41. The zero-order chi connectivity index (χ0) is 16.4. The maximum atomic E-state index is 12.2. The number of halogens is 1. The van der Waals surface area contributed by atoms with Crippen LogP contribution >= 0.6 is 23.4 Å². The van der Waals surface area contributed by atoms with E-state index in [0.29, 0.717) is 35.3 Å². The third kappa shape index (κ3) is 3.59. The number of carbonyl (C=O) groups excluding carboxylic acids is 2. The van der Waals surface area contributed by atoms with Gasteiger partial charge in [0.15, 0.2) is 5.12 Å². The Morgan fingerprint density at radius 1 is 1.48 bits per heavy atom. The number of carbonyl (C=O) groups is 2. The predicted octanol–water partition coefficient (Wildman–Crippen LogP) is 3.63. The lowest BCUT2D eigenvalue weighted by Crippen LogP contribution is -2.24. The Bertz CT molecular complexity index is 746. The molecule has 0 bridgehead atoms. The Labute approximate surface area is 143 Å². The SMILES string of the molecule is CC(=O)SCC1CC(=O)N(c2cc(-c3ccccc3Cl)no2)C1. The minimum atomic E-state index is -0.0130. The minimum absolute atomic E-state index is 0.0130. The summed E-state index contributed by atoms with van der Waals surface area (Å²) in [5, 5.41) is 4.66. The topological polar surface area (TPSA) is 63.4 Å². The summed E-state index contributed by atoms with van der Waals surface area (Å²) in [5.74, 6) is 1.19. The fourth-order valence-electron chi connectivity index (χ4n) is 2.53. The lowest BCUT2D eigenvalue weighted by atomic mass is 10.1. The quantitative estimate of drug-likeness (QED) is 0.842. The molecule has 0 N–H and O–H groups in total. The van der Waals surface area contributed by atoms with E-state index in [0.717, 1.165) is 5.56 Å². The first-order chi connectivity index (χ1) is 11.0. The van der Waals surface area contributed by atoms with Gasteiger partial charge in [-0.25, -0.2) is 0 Å². The number of amides is 1. The molecule has 1 aromatic heterocycles. The third-order valence-electron chi connectivity index (χ3n) is 3.64. The molecule has 2 aromatic rings. The fourth-order valence-corrected chi connectivity index (χ4v) is 3.46. The van der Waals surface area contributed by atoms with E-state index in [2.05, 4.69) is 5.16 Å². The molecule has 120 valence electrons. The van der Waals surface area contributed by atoms with Crippen LogP contribution in [0.25, 0.3) is 11.3 Å². The zero-order valence-corrected chi connectivity index (χ0v) is 14.1. The molecule has 5 nitrogen and oxygen atoms in total. The van der Waals surface area contributed by atoms with Gasteiger partial charge in [0.05, 0.1) is 5.02 Å². The molecule has 23 heavy (non-hydrogen) atoms. The second-order valence-corrected chi connectivity index (χ2v) is 7.01. The molecule has 0 radical (unpaired) electrons. The Morgan fingerprint density at radius 3 is 3.00 bits per heavy atom. The summed E-state index contributed by atoms with van der Waals surface area (Å²) in [5.41, 5.74) is 1.36. The summed E-state index contributed by atoms with van der Waals surface area (Å²) >= 11 is 7.40. The molecule has 1 aliphatic heterocycles. The second kappa shape index (κ2) is 6.76. The summed E-state index contributed by atoms with van der Waals surface area (Å²) in [7, 11) is 0. The van der Waals surface area contributed by atoms with Crippen molar-refractivity contribution in [3.63, 3.8) is 0 Å². The molecule has 1 atom stereocenters. The highest BCUT2D eigenvalue weighted by molar-refractivity contribution is 8.13. The zero-order valence-electron chi connectivity index (χ0n) is 12.5. The lowest BCUT2D eigenvalue weighted by molar-refractivity contribution is -0.117. The van der Waals surface area contributed by atoms with Gasteiger partial charge in [-0.1, -0.05) is 46.7 Å². The molecule has 7 heteroatoms. The number of nitrogens with zero attached hydrogens (tertiary/aromatic N) is 2. The smallest absolute Gasteiger partial charge is 0.234 e. The van der Waals surface area contributed by atoms with Crippen LogP contribution < -0.4 is 4.90 Å². The molecule has 1 amide bonds. The van der Waals surface area contributed by atoms with Crippen molar-refractivity contribution in [2.45, 2.75) is 13.3 Å². The van der Waals surface area contributed by atoms with Gasteiger partial charge in [-0.05, 0) is 12.0 Å². The van der Waals surface area contributed by atoms with E-state index in [1.807, 2.05) is 18.2 Å². The van der Waals surface area contributed by atoms with Crippen LogP contribution in [-0.4, -0.2) is 28.5 Å². The molecule has 1 fully saturated rings. The van der Waals surface area contributed by atoms with Crippen molar-refractivity contribution in [3.05, 3.63) is 35.4 Å². The Morgan fingerprint density at radius 2 is 2.26 bits per heavy atom. The van der Waals surface area contributed by atoms with Gasteiger partial charge in [0, 0.05) is 37.3 Å². The molecular formula is C16H15ClN2O3S. The van der Waals surface area contributed by atoms with Crippen molar-refractivity contribution < 1.29 is 14.1 Å². The number of thioether (sulfide) groups is 1. The maximum Gasteiger partial charge on any atom is 0.234 e. The van der Waals surface area contributed by atoms with Crippen LogP contribution in [0.4, 0.5) is 5.88 Å². The largest absolute Gasteiger partial charge is 0.338 e. The number of anilines is 1. The van der Waals surface area contributed by atoms with E-state index < -0.39 is 0 Å². The lowest BCUT2D eigenvalue weighted by Gasteiger charge is -2.11. The van der Waals surface area contributed by atoms with Crippen molar-refractivity contribution in [3.8, 4) is 11.3 Å². The van der Waals surface area contributed by atoms with E-state index in [4.69, 9.17) is 16.1 Å². The monoisotopic (exact) mass is 350 g/mol. The fraction of sp³-hybridized carbons (Fsp3) is 0.312. The van der Waals surface area contributed by atoms with Gasteiger partial charge < -0.3 is 4.52 Å². The van der Waals surface area contributed by atoms with Gasteiger partial charge in [0.25, 0.3) is 0 Å². The van der Waals surface area contributed by atoms with Crippen molar-refractivity contribution in [2.75, 3.05) is 17.2 Å². The Hall–Kier alpha value is -1.79. The van der Waals surface area contributed by atoms with Crippen molar-refractivity contribution in [1.82, 2.24) is 5.16 Å². The number of aromatic nitrogens is 1. The number of hydrogen-bond donors (Lipinski definition) is 0. The van der Waals surface area contributed by atoms with E-state index in [1.54, 1.807) is 17.0 Å². The standard InChI is InChI=1S/C16H15ClN2O3S/c1-10(20)23-9-11-6-15(21)19(8-11)16-7-14(18-22-16)12-4-2-3-5-13(12)17/h2-5,7,11H,6,8-9H2,1H3. The van der Waals surface area contributed by atoms with Crippen molar-refractivity contribution >= 4 is 40.3 Å². The third-order valence-corrected chi connectivity index (χ3v) is 5.02. The first-order valence-corrected chi connectivity index (χ1v) is 8.56. The highest BCUT2D eigenvalue weighted by atomic mass is 35.5.